The van der Waals surface area contributed by atoms with Crippen molar-refractivity contribution in [1.82, 2.24) is 15.0 Å². The lowest BCUT2D eigenvalue weighted by molar-refractivity contribution is 0.102. The lowest BCUT2D eigenvalue weighted by Gasteiger charge is -2.10. The van der Waals surface area contributed by atoms with Crippen LogP contribution in [0.25, 0.3) is 10.9 Å². The van der Waals surface area contributed by atoms with Gasteiger partial charge < -0.3 is 10.6 Å². The molecule has 2 heterocycles. The van der Waals surface area contributed by atoms with Gasteiger partial charge in [-0.15, -0.1) is 0 Å². The summed E-state index contributed by atoms with van der Waals surface area (Å²) in [7, 11) is 0. The molecule has 0 radical (unpaired) electrons. The molecule has 1 amide bonds. The van der Waals surface area contributed by atoms with Gasteiger partial charge in [0.15, 0.2) is 0 Å². The fraction of sp³-hybridized carbons (Fsp3) is 0.0909. The largest absolute Gasteiger partial charge is 0.322 e. The number of carbonyl (C=O) groups is 1. The summed E-state index contributed by atoms with van der Waals surface area (Å²) in [5.74, 6) is 0.0515. The standard InChI is InChI=1S/C22H19N5O/c1-14-8-9-17(13-15(14)2)25-21(28)19-10-12-24-22(27-19)26-18-7-3-5-16-6-4-11-23-20(16)18/h3-13H,1-2H3,(H,25,28)(H,24,26,27). The van der Waals surface area contributed by atoms with E-state index < -0.39 is 0 Å². The van der Waals surface area contributed by atoms with E-state index >= 15 is 0 Å². The number of rotatable bonds is 4. The Hall–Kier alpha value is -3.80. The summed E-state index contributed by atoms with van der Waals surface area (Å²) < 4.78 is 0. The van der Waals surface area contributed by atoms with E-state index in [0.29, 0.717) is 5.95 Å². The summed E-state index contributed by atoms with van der Waals surface area (Å²) in [6.07, 6.45) is 3.30. The number of hydrogen-bond acceptors (Lipinski definition) is 5. The molecule has 0 fully saturated rings. The second-order valence-electron chi connectivity index (χ2n) is 6.52. The summed E-state index contributed by atoms with van der Waals surface area (Å²) >= 11 is 0. The number of benzene rings is 2. The highest BCUT2D eigenvalue weighted by Gasteiger charge is 2.11. The van der Waals surface area contributed by atoms with Gasteiger partial charge in [0, 0.05) is 23.5 Å². The van der Waals surface area contributed by atoms with E-state index in [0.717, 1.165) is 27.8 Å². The van der Waals surface area contributed by atoms with Gasteiger partial charge in [-0.25, -0.2) is 9.97 Å². The molecule has 0 bridgehead atoms. The average molecular weight is 369 g/mol. The predicted octanol–water partition coefficient (Wildman–Crippen LogP) is 4.64. The summed E-state index contributed by atoms with van der Waals surface area (Å²) in [6.45, 7) is 4.04. The minimum absolute atomic E-state index is 0.281. The minimum Gasteiger partial charge on any atom is -0.322 e. The van der Waals surface area contributed by atoms with Crippen LogP contribution in [-0.4, -0.2) is 20.9 Å². The highest BCUT2D eigenvalue weighted by atomic mass is 16.1. The number of carbonyl (C=O) groups excluding carboxylic acids is 1. The van der Waals surface area contributed by atoms with Gasteiger partial charge in [0.2, 0.25) is 5.95 Å². The fourth-order valence-corrected chi connectivity index (χ4v) is 2.89. The van der Waals surface area contributed by atoms with E-state index in [1.165, 1.54) is 5.56 Å². The highest BCUT2D eigenvalue weighted by molar-refractivity contribution is 6.03. The van der Waals surface area contributed by atoms with Gasteiger partial charge in [-0.1, -0.05) is 24.3 Å². The van der Waals surface area contributed by atoms with Crippen LogP contribution in [-0.2, 0) is 0 Å². The van der Waals surface area contributed by atoms with Crippen LogP contribution in [0.4, 0.5) is 17.3 Å². The van der Waals surface area contributed by atoms with E-state index in [2.05, 4.69) is 25.6 Å². The first-order chi connectivity index (χ1) is 13.6. The van der Waals surface area contributed by atoms with Crippen molar-refractivity contribution < 1.29 is 4.79 Å². The number of amides is 1. The zero-order valence-corrected chi connectivity index (χ0v) is 15.6. The summed E-state index contributed by atoms with van der Waals surface area (Å²) in [4.78, 5) is 25.6. The van der Waals surface area contributed by atoms with Crippen LogP contribution in [0, 0.1) is 13.8 Å². The van der Waals surface area contributed by atoms with Gasteiger partial charge in [-0.2, -0.15) is 0 Å². The Morgan fingerprint density at radius 2 is 1.75 bits per heavy atom. The molecule has 0 atom stereocenters. The third-order valence-electron chi connectivity index (χ3n) is 4.53. The normalized spacial score (nSPS) is 10.6. The van der Waals surface area contributed by atoms with Gasteiger partial charge >= 0.3 is 0 Å². The molecule has 0 saturated heterocycles. The zero-order valence-electron chi connectivity index (χ0n) is 15.6. The minimum atomic E-state index is -0.287. The van der Waals surface area contributed by atoms with E-state index in [9.17, 15) is 4.79 Å². The number of pyridine rings is 1. The van der Waals surface area contributed by atoms with Crippen molar-refractivity contribution >= 4 is 34.1 Å². The number of nitrogens with zero attached hydrogens (tertiary/aromatic N) is 3. The smallest absolute Gasteiger partial charge is 0.274 e. The molecule has 0 saturated carbocycles. The van der Waals surface area contributed by atoms with Crippen molar-refractivity contribution in [2.24, 2.45) is 0 Å². The maximum atomic E-state index is 12.6. The fourth-order valence-electron chi connectivity index (χ4n) is 2.89. The Labute approximate surface area is 162 Å². The molecule has 0 aliphatic rings. The van der Waals surface area contributed by atoms with Gasteiger partial charge in [-0.3, -0.25) is 9.78 Å². The Kier molecular flexibility index (Phi) is 4.68. The van der Waals surface area contributed by atoms with Gasteiger partial charge in [-0.05, 0) is 55.3 Å². The zero-order chi connectivity index (χ0) is 19.5. The first-order valence-corrected chi connectivity index (χ1v) is 8.92. The Bertz CT molecular complexity index is 1170. The number of aryl methyl sites for hydroxylation is 2. The van der Waals surface area contributed by atoms with Crippen LogP contribution in [0.3, 0.4) is 0 Å². The molecule has 6 nitrogen and oxygen atoms in total. The monoisotopic (exact) mass is 369 g/mol. The summed E-state index contributed by atoms with van der Waals surface area (Å²) in [5, 5.41) is 7.05. The molecule has 0 unspecified atom stereocenters. The SMILES string of the molecule is Cc1ccc(NC(=O)c2ccnc(Nc3cccc4cccnc34)n2)cc1C. The maximum Gasteiger partial charge on any atom is 0.274 e. The number of nitrogens with one attached hydrogen (secondary N) is 2. The Balaban J connectivity index is 1.57. The van der Waals surface area contributed by atoms with Crippen molar-refractivity contribution in [3.63, 3.8) is 0 Å². The lowest BCUT2D eigenvalue weighted by Crippen LogP contribution is -2.15. The van der Waals surface area contributed by atoms with Crippen molar-refractivity contribution in [2.75, 3.05) is 10.6 Å². The highest BCUT2D eigenvalue weighted by Crippen LogP contribution is 2.23. The first kappa shape index (κ1) is 17.6. The van der Waals surface area contributed by atoms with Crippen molar-refractivity contribution in [1.29, 1.82) is 0 Å². The molecular formula is C22H19N5O. The Morgan fingerprint density at radius 3 is 2.61 bits per heavy atom. The first-order valence-electron chi connectivity index (χ1n) is 8.92. The van der Waals surface area contributed by atoms with Crippen molar-refractivity contribution in [3.05, 3.63) is 83.8 Å². The number of para-hydroxylation sites is 1. The van der Waals surface area contributed by atoms with Gasteiger partial charge in [0.25, 0.3) is 5.91 Å². The molecular weight excluding hydrogens is 350 g/mol. The molecule has 6 heteroatoms. The molecule has 28 heavy (non-hydrogen) atoms. The molecule has 2 aromatic carbocycles. The topological polar surface area (TPSA) is 79.8 Å². The summed E-state index contributed by atoms with van der Waals surface area (Å²) in [6, 6.07) is 17.1. The lowest BCUT2D eigenvalue weighted by atomic mass is 10.1. The van der Waals surface area contributed by atoms with Crippen molar-refractivity contribution in [2.45, 2.75) is 13.8 Å². The van der Waals surface area contributed by atoms with Gasteiger partial charge in [0.1, 0.15) is 5.69 Å². The number of anilines is 3. The maximum absolute atomic E-state index is 12.6. The van der Waals surface area contributed by atoms with Crippen molar-refractivity contribution in [3.8, 4) is 0 Å². The quantitative estimate of drug-likeness (QED) is 0.548. The second-order valence-corrected chi connectivity index (χ2v) is 6.52. The van der Waals surface area contributed by atoms with E-state index in [1.807, 2.05) is 62.4 Å². The van der Waals surface area contributed by atoms with Crippen LogP contribution in [0.1, 0.15) is 21.6 Å². The molecule has 2 aromatic heterocycles. The third kappa shape index (κ3) is 3.66. The molecule has 138 valence electrons. The molecule has 0 aliphatic carbocycles. The van der Waals surface area contributed by atoms with Crippen LogP contribution in [0.2, 0.25) is 0 Å². The van der Waals surface area contributed by atoms with E-state index in [1.54, 1.807) is 18.5 Å². The molecule has 4 aromatic rings. The van der Waals surface area contributed by atoms with Gasteiger partial charge in [0.05, 0.1) is 11.2 Å². The molecule has 0 aliphatic heterocycles. The number of fused-ring (bicyclic) bond motifs is 1. The van der Waals surface area contributed by atoms with Crippen LogP contribution < -0.4 is 10.6 Å². The van der Waals surface area contributed by atoms with Crippen LogP contribution in [0.5, 0.6) is 0 Å². The second kappa shape index (κ2) is 7.44. The Morgan fingerprint density at radius 1 is 0.893 bits per heavy atom. The van der Waals surface area contributed by atoms with E-state index in [4.69, 9.17) is 0 Å². The average Bonchev–Trinajstić information content (AvgIpc) is 2.71. The number of aromatic nitrogens is 3. The number of hydrogen-bond donors (Lipinski definition) is 2. The van der Waals surface area contributed by atoms with E-state index in [-0.39, 0.29) is 11.6 Å². The molecule has 4 rings (SSSR count). The molecule has 2 N–H and O–H groups in total. The summed E-state index contributed by atoms with van der Waals surface area (Å²) in [5.41, 5.74) is 4.91. The predicted molar refractivity (Wildman–Crippen MR) is 111 cm³/mol. The molecule has 0 spiro atoms. The van der Waals surface area contributed by atoms with Crippen LogP contribution >= 0.6 is 0 Å². The van der Waals surface area contributed by atoms with Crippen LogP contribution in [0.15, 0.2) is 67.0 Å². The third-order valence-corrected chi connectivity index (χ3v) is 4.53.